The minimum Gasteiger partial charge on any atom is -0.288 e. The van der Waals surface area contributed by atoms with Crippen molar-refractivity contribution in [3.8, 4) is 0 Å². The Kier molecular flexibility index (Phi) is 3.23. The number of ketones is 1. The second-order valence-corrected chi connectivity index (χ2v) is 6.00. The molecule has 1 aliphatic rings. The van der Waals surface area contributed by atoms with Gasteiger partial charge in [0.15, 0.2) is 0 Å². The quantitative estimate of drug-likeness (QED) is 0.729. The average Bonchev–Trinajstić information content (AvgIpc) is 2.73. The van der Waals surface area contributed by atoms with Crippen LogP contribution in [0.3, 0.4) is 0 Å². The lowest BCUT2D eigenvalue weighted by Crippen LogP contribution is -2.09. The Morgan fingerprint density at radius 1 is 1.28 bits per heavy atom. The summed E-state index contributed by atoms with van der Waals surface area (Å²) in [4.78, 5) is 13.0. The van der Waals surface area contributed by atoms with E-state index in [-0.39, 0.29) is 5.78 Å². The third-order valence-corrected chi connectivity index (χ3v) is 4.89. The summed E-state index contributed by atoms with van der Waals surface area (Å²) in [5.41, 5.74) is 2.04. The molecular formula is C15H13ClOS. The SMILES string of the molecule is O=C(c1cccc(C2CCC2)c1)c1sccc1Cl. The van der Waals surface area contributed by atoms with Crippen molar-refractivity contribution in [2.75, 3.05) is 0 Å². The van der Waals surface area contributed by atoms with Crippen LogP contribution in [-0.4, -0.2) is 5.78 Å². The van der Waals surface area contributed by atoms with Gasteiger partial charge in [-0.05, 0) is 41.8 Å². The summed E-state index contributed by atoms with van der Waals surface area (Å²) in [7, 11) is 0. The van der Waals surface area contributed by atoms with E-state index in [1.165, 1.54) is 36.2 Å². The molecule has 1 aromatic carbocycles. The highest BCUT2D eigenvalue weighted by atomic mass is 35.5. The first-order chi connectivity index (χ1) is 8.75. The molecule has 0 aliphatic heterocycles. The molecule has 92 valence electrons. The van der Waals surface area contributed by atoms with E-state index in [2.05, 4.69) is 6.07 Å². The fraction of sp³-hybridized carbons (Fsp3) is 0.267. The molecule has 3 heteroatoms. The van der Waals surface area contributed by atoms with E-state index in [4.69, 9.17) is 11.6 Å². The number of halogens is 1. The van der Waals surface area contributed by atoms with Crippen LogP contribution >= 0.6 is 22.9 Å². The van der Waals surface area contributed by atoms with Gasteiger partial charge in [0.1, 0.15) is 0 Å². The average molecular weight is 277 g/mol. The van der Waals surface area contributed by atoms with Gasteiger partial charge in [-0.1, -0.05) is 36.2 Å². The third-order valence-electron chi connectivity index (χ3n) is 3.55. The fourth-order valence-corrected chi connectivity index (χ4v) is 3.37. The Hall–Kier alpha value is -1.12. The van der Waals surface area contributed by atoms with Gasteiger partial charge in [-0.3, -0.25) is 4.79 Å². The molecule has 1 nitrogen and oxygen atoms in total. The van der Waals surface area contributed by atoms with Crippen LogP contribution in [-0.2, 0) is 0 Å². The molecule has 0 saturated heterocycles. The minimum atomic E-state index is 0.0381. The van der Waals surface area contributed by atoms with E-state index in [9.17, 15) is 4.79 Å². The second-order valence-electron chi connectivity index (χ2n) is 4.68. The number of carbonyl (C=O) groups excluding carboxylic acids is 1. The zero-order valence-corrected chi connectivity index (χ0v) is 11.4. The Labute approximate surface area is 115 Å². The van der Waals surface area contributed by atoms with Gasteiger partial charge in [0.25, 0.3) is 0 Å². The van der Waals surface area contributed by atoms with Crippen LogP contribution in [0.5, 0.6) is 0 Å². The molecule has 1 heterocycles. The molecule has 2 aromatic rings. The number of benzene rings is 1. The lowest BCUT2D eigenvalue weighted by molar-refractivity contribution is 0.104. The molecule has 0 bridgehead atoms. The Morgan fingerprint density at radius 2 is 2.11 bits per heavy atom. The summed E-state index contributed by atoms with van der Waals surface area (Å²) in [5, 5.41) is 2.41. The summed E-state index contributed by atoms with van der Waals surface area (Å²) in [6.45, 7) is 0. The molecule has 18 heavy (non-hydrogen) atoms. The first-order valence-electron chi connectivity index (χ1n) is 6.13. The molecule has 1 aliphatic carbocycles. The van der Waals surface area contributed by atoms with Crippen LogP contribution in [0.25, 0.3) is 0 Å². The molecule has 1 aromatic heterocycles. The van der Waals surface area contributed by atoms with E-state index in [1.54, 1.807) is 6.07 Å². The molecule has 0 unspecified atom stereocenters. The van der Waals surface area contributed by atoms with Crippen LogP contribution in [0.15, 0.2) is 35.7 Å². The van der Waals surface area contributed by atoms with E-state index >= 15 is 0 Å². The summed E-state index contributed by atoms with van der Waals surface area (Å²) < 4.78 is 0. The third kappa shape index (κ3) is 2.11. The summed E-state index contributed by atoms with van der Waals surface area (Å²) in [6, 6.07) is 9.77. The summed E-state index contributed by atoms with van der Waals surface area (Å²) in [6.07, 6.45) is 3.80. The maximum Gasteiger partial charge on any atom is 0.204 e. The standard InChI is InChI=1S/C15H13ClOS/c16-13-7-8-18-15(13)14(17)12-6-2-5-11(9-12)10-3-1-4-10/h2,5-10H,1,3-4H2. The lowest BCUT2D eigenvalue weighted by atomic mass is 9.79. The van der Waals surface area contributed by atoms with Crippen LogP contribution in [0.4, 0.5) is 0 Å². The number of hydrogen-bond donors (Lipinski definition) is 0. The molecule has 0 N–H and O–H groups in total. The van der Waals surface area contributed by atoms with E-state index < -0.39 is 0 Å². The molecule has 0 spiro atoms. The summed E-state index contributed by atoms with van der Waals surface area (Å²) in [5.74, 6) is 0.688. The van der Waals surface area contributed by atoms with Crippen molar-refractivity contribution in [1.29, 1.82) is 0 Å². The van der Waals surface area contributed by atoms with Crippen LogP contribution < -0.4 is 0 Å². The van der Waals surface area contributed by atoms with Gasteiger partial charge in [0.2, 0.25) is 5.78 Å². The molecule has 0 radical (unpaired) electrons. The van der Waals surface area contributed by atoms with Crippen molar-refractivity contribution in [2.24, 2.45) is 0 Å². The zero-order chi connectivity index (χ0) is 12.5. The minimum absolute atomic E-state index is 0.0381. The second kappa shape index (κ2) is 4.87. The molecule has 1 fully saturated rings. The highest BCUT2D eigenvalue weighted by Crippen LogP contribution is 2.37. The first-order valence-corrected chi connectivity index (χ1v) is 7.39. The predicted molar refractivity (Wildman–Crippen MR) is 75.8 cm³/mol. The van der Waals surface area contributed by atoms with Crippen LogP contribution in [0.2, 0.25) is 5.02 Å². The van der Waals surface area contributed by atoms with Gasteiger partial charge in [0.05, 0.1) is 9.90 Å². The smallest absolute Gasteiger partial charge is 0.204 e. The van der Waals surface area contributed by atoms with Crippen LogP contribution in [0.1, 0.15) is 46.0 Å². The highest BCUT2D eigenvalue weighted by molar-refractivity contribution is 7.13. The van der Waals surface area contributed by atoms with Crippen molar-refractivity contribution < 1.29 is 4.79 Å². The number of rotatable bonds is 3. The van der Waals surface area contributed by atoms with E-state index in [1.807, 2.05) is 23.6 Å². The van der Waals surface area contributed by atoms with E-state index in [0.29, 0.717) is 15.8 Å². The van der Waals surface area contributed by atoms with Crippen molar-refractivity contribution in [3.63, 3.8) is 0 Å². The largest absolute Gasteiger partial charge is 0.288 e. The molecular weight excluding hydrogens is 264 g/mol. The zero-order valence-electron chi connectivity index (χ0n) is 9.86. The normalized spacial score (nSPS) is 15.4. The Bertz CT molecular complexity index is 584. The molecule has 3 rings (SSSR count). The van der Waals surface area contributed by atoms with E-state index in [0.717, 1.165) is 5.56 Å². The molecule has 0 amide bonds. The van der Waals surface area contributed by atoms with Gasteiger partial charge in [-0.25, -0.2) is 0 Å². The van der Waals surface area contributed by atoms with Crippen molar-refractivity contribution >= 4 is 28.7 Å². The van der Waals surface area contributed by atoms with Crippen molar-refractivity contribution in [2.45, 2.75) is 25.2 Å². The lowest BCUT2D eigenvalue weighted by Gasteiger charge is -2.26. The Balaban J connectivity index is 1.92. The topological polar surface area (TPSA) is 17.1 Å². The monoisotopic (exact) mass is 276 g/mol. The van der Waals surface area contributed by atoms with Crippen molar-refractivity contribution in [3.05, 3.63) is 56.7 Å². The molecule has 0 atom stereocenters. The highest BCUT2D eigenvalue weighted by Gasteiger charge is 2.21. The van der Waals surface area contributed by atoms with Gasteiger partial charge in [-0.2, -0.15) is 0 Å². The first kappa shape index (κ1) is 11.9. The maximum atomic E-state index is 12.3. The van der Waals surface area contributed by atoms with Gasteiger partial charge >= 0.3 is 0 Å². The van der Waals surface area contributed by atoms with Gasteiger partial charge in [-0.15, -0.1) is 11.3 Å². The molecule has 1 saturated carbocycles. The number of carbonyl (C=O) groups is 1. The van der Waals surface area contributed by atoms with Crippen LogP contribution in [0, 0.1) is 0 Å². The number of hydrogen-bond acceptors (Lipinski definition) is 2. The fourth-order valence-electron chi connectivity index (χ4n) is 2.26. The van der Waals surface area contributed by atoms with Gasteiger partial charge < -0.3 is 0 Å². The van der Waals surface area contributed by atoms with Gasteiger partial charge in [0, 0.05) is 5.56 Å². The maximum absolute atomic E-state index is 12.3. The predicted octanol–water partition coefficient (Wildman–Crippen LogP) is 4.90. The Morgan fingerprint density at radius 3 is 2.72 bits per heavy atom. The summed E-state index contributed by atoms with van der Waals surface area (Å²) >= 11 is 7.42. The number of thiophene rings is 1. The van der Waals surface area contributed by atoms with Crippen molar-refractivity contribution in [1.82, 2.24) is 0 Å².